The quantitative estimate of drug-likeness (QED) is 0.687. The molecule has 1 nitrogen and oxygen atoms in total. The Morgan fingerprint density at radius 2 is 1.76 bits per heavy atom. The van der Waals surface area contributed by atoms with Crippen molar-refractivity contribution < 1.29 is 4.39 Å². The van der Waals surface area contributed by atoms with Crippen LogP contribution in [-0.2, 0) is 0 Å². The maximum Gasteiger partial charge on any atom is 0.128 e. The number of rotatable bonds is 1. The van der Waals surface area contributed by atoms with Crippen molar-refractivity contribution in [1.29, 1.82) is 0 Å². The number of pyridine rings is 1. The number of nitrogens with zero attached hydrogens (tertiary/aromatic N) is 1. The van der Waals surface area contributed by atoms with Crippen molar-refractivity contribution in [2.75, 3.05) is 0 Å². The van der Waals surface area contributed by atoms with Gasteiger partial charge in [0, 0.05) is 17.1 Å². The molecule has 92 valence electrons. The summed E-state index contributed by atoms with van der Waals surface area (Å²) in [5.74, 6) is 0.0475. The summed E-state index contributed by atoms with van der Waals surface area (Å²) >= 11 is 0. The van der Waals surface area contributed by atoms with Gasteiger partial charge < -0.3 is 0 Å². The average molecular weight is 233 g/mol. The summed E-state index contributed by atoms with van der Waals surface area (Å²) in [7, 11) is 0. The lowest BCUT2D eigenvalue weighted by atomic mass is 10.0. The van der Waals surface area contributed by atoms with Gasteiger partial charge in [0.25, 0.3) is 0 Å². The molecular formula is C15H20FN. The van der Waals surface area contributed by atoms with E-state index in [0.717, 1.165) is 22.2 Å². The van der Waals surface area contributed by atoms with Crippen molar-refractivity contribution in [3.05, 3.63) is 41.3 Å². The molecule has 0 fully saturated rings. The van der Waals surface area contributed by atoms with Gasteiger partial charge in [0.2, 0.25) is 0 Å². The van der Waals surface area contributed by atoms with Crippen LogP contribution in [0.15, 0.2) is 24.3 Å². The molecule has 2 rings (SSSR count). The summed E-state index contributed by atoms with van der Waals surface area (Å²) in [6, 6.07) is 7.35. The molecule has 1 aromatic heterocycles. The first-order valence-corrected chi connectivity index (χ1v) is 6.14. The van der Waals surface area contributed by atoms with Crippen LogP contribution in [-0.4, -0.2) is 4.98 Å². The van der Waals surface area contributed by atoms with E-state index in [1.165, 1.54) is 6.07 Å². The van der Waals surface area contributed by atoms with Crippen LogP contribution in [0.1, 0.15) is 44.9 Å². The lowest BCUT2D eigenvalue weighted by Gasteiger charge is -2.08. The van der Waals surface area contributed by atoms with Gasteiger partial charge in [-0.2, -0.15) is 0 Å². The van der Waals surface area contributed by atoms with E-state index < -0.39 is 0 Å². The molecule has 0 amide bonds. The zero-order chi connectivity index (χ0) is 13.0. The van der Waals surface area contributed by atoms with Crippen molar-refractivity contribution >= 4 is 10.9 Å². The second-order valence-electron chi connectivity index (χ2n) is 4.17. The van der Waals surface area contributed by atoms with Crippen molar-refractivity contribution in [3.63, 3.8) is 0 Å². The highest BCUT2D eigenvalue weighted by Gasteiger charge is 2.08. The predicted octanol–water partition coefficient (Wildman–Crippen LogP) is 4.83. The smallest absolute Gasteiger partial charge is 0.128 e. The SMILES string of the molecule is CC.Cc1ccc2cc(C(C)C)c(F)cc2n1. The van der Waals surface area contributed by atoms with E-state index in [9.17, 15) is 4.39 Å². The largest absolute Gasteiger partial charge is 0.253 e. The standard InChI is InChI=1S/C13H14FN.C2H6/c1-8(2)11-6-10-5-4-9(3)15-13(10)7-12(11)14;1-2/h4-8H,1-3H3;1-2H3. The molecular weight excluding hydrogens is 213 g/mol. The van der Waals surface area contributed by atoms with Gasteiger partial charge in [0.15, 0.2) is 0 Å². The highest BCUT2D eigenvalue weighted by Crippen LogP contribution is 2.23. The first kappa shape index (κ1) is 13.6. The van der Waals surface area contributed by atoms with E-state index in [0.29, 0.717) is 0 Å². The Balaban J connectivity index is 0.000000686. The molecule has 0 aliphatic carbocycles. The Kier molecular flexibility index (Phi) is 4.62. The van der Waals surface area contributed by atoms with Crippen molar-refractivity contribution in [2.45, 2.75) is 40.5 Å². The molecule has 0 radical (unpaired) electrons. The Labute approximate surface area is 103 Å². The maximum absolute atomic E-state index is 13.7. The number of hydrogen-bond acceptors (Lipinski definition) is 1. The number of aryl methyl sites for hydroxylation is 1. The molecule has 0 saturated heterocycles. The lowest BCUT2D eigenvalue weighted by molar-refractivity contribution is 0.600. The fourth-order valence-electron chi connectivity index (χ4n) is 1.71. The Bertz CT molecular complexity index is 503. The zero-order valence-corrected chi connectivity index (χ0v) is 11.2. The molecule has 1 heterocycles. The van der Waals surface area contributed by atoms with Crippen molar-refractivity contribution in [3.8, 4) is 0 Å². The highest BCUT2D eigenvalue weighted by molar-refractivity contribution is 5.79. The monoisotopic (exact) mass is 233 g/mol. The topological polar surface area (TPSA) is 12.9 Å². The van der Waals surface area contributed by atoms with Crippen LogP contribution in [0.5, 0.6) is 0 Å². The molecule has 2 heteroatoms. The summed E-state index contributed by atoms with van der Waals surface area (Å²) in [6.07, 6.45) is 0. The third-order valence-corrected chi connectivity index (χ3v) is 2.57. The third kappa shape index (κ3) is 3.02. The Hall–Kier alpha value is -1.44. The minimum atomic E-state index is -0.157. The first-order chi connectivity index (χ1) is 8.08. The van der Waals surface area contributed by atoms with E-state index in [1.54, 1.807) is 0 Å². The second kappa shape index (κ2) is 5.76. The van der Waals surface area contributed by atoms with Crippen molar-refractivity contribution in [1.82, 2.24) is 4.98 Å². The van der Waals surface area contributed by atoms with E-state index in [2.05, 4.69) is 4.98 Å². The van der Waals surface area contributed by atoms with Gasteiger partial charge in [-0.25, -0.2) is 4.39 Å². The summed E-state index contributed by atoms with van der Waals surface area (Å²) in [4.78, 5) is 4.30. The number of hydrogen-bond donors (Lipinski definition) is 0. The van der Waals surface area contributed by atoms with Crippen LogP contribution < -0.4 is 0 Å². The fraction of sp³-hybridized carbons (Fsp3) is 0.400. The second-order valence-corrected chi connectivity index (χ2v) is 4.17. The van der Waals surface area contributed by atoms with Crippen LogP contribution >= 0.6 is 0 Å². The fourth-order valence-corrected chi connectivity index (χ4v) is 1.71. The molecule has 2 aromatic rings. The van der Waals surface area contributed by atoms with Crippen LogP contribution in [0.4, 0.5) is 4.39 Å². The number of benzene rings is 1. The molecule has 0 aliphatic heterocycles. The summed E-state index contributed by atoms with van der Waals surface area (Å²) in [5.41, 5.74) is 2.41. The van der Waals surface area contributed by atoms with Gasteiger partial charge >= 0.3 is 0 Å². The maximum atomic E-state index is 13.7. The number of halogens is 1. The molecule has 0 spiro atoms. The predicted molar refractivity (Wildman–Crippen MR) is 71.9 cm³/mol. The van der Waals surface area contributed by atoms with Gasteiger partial charge in [-0.3, -0.25) is 4.98 Å². The van der Waals surface area contributed by atoms with Crippen molar-refractivity contribution in [2.24, 2.45) is 0 Å². The minimum Gasteiger partial charge on any atom is -0.253 e. The van der Waals surface area contributed by atoms with Gasteiger partial charge in [-0.15, -0.1) is 0 Å². The normalized spacial score (nSPS) is 10.3. The van der Waals surface area contributed by atoms with E-state index in [-0.39, 0.29) is 11.7 Å². The first-order valence-electron chi connectivity index (χ1n) is 6.14. The van der Waals surface area contributed by atoms with Crippen LogP contribution in [0.3, 0.4) is 0 Å². The summed E-state index contributed by atoms with van der Waals surface area (Å²) in [6.45, 7) is 9.89. The molecule has 0 unspecified atom stereocenters. The van der Waals surface area contributed by atoms with Gasteiger partial charge in [-0.1, -0.05) is 33.8 Å². The molecule has 17 heavy (non-hydrogen) atoms. The van der Waals surface area contributed by atoms with Crippen LogP contribution in [0.25, 0.3) is 10.9 Å². The molecule has 0 saturated carbocycles. The number of aromatic nitrogens is 1. The van der Waals surface area contributed by atoms with E-state index in [4.69, 9.17) is 0 Å². The zero-order valence-electron chi connectivity index (χ0n) is 11.2. The van der Waals surface area contributed by atoms with Gasteiger partial charge in [-0.05, 0) is 30.5 Å². The summed E-state index contributed by atoms with van der Waals surface area (Å²) < 4.78 is 13.7. The summed E-state index contributed by atoms with van der Waals surface area (Å²) in [5, 5.41) is 1.01. The highest BCUT2D eigenvalue weighted by atomic mass is 19.1. The Morgan fingerprint density at radius 3 is 2.35 bits per heavy atom. The van der Waals surface area contributed by atoms with Gasteiger partial charge in [0.05, 0.1) is 5.52 Å². The van der Waals surface area contributed by atoms with Crippen LogP contribution in [0, 0.1) is 12.7 Å². The number of fused-ring (bicyclic) bond motifs is 1. The van der Waals surface area contributed by atoms with Crippen LogP contribution in [0.2, 0.25) is 0 Å². The van der Waals surface area contributed by atoms with E-state index in [1.807, 2.05) is 52.8 Å². The molecule has 0 atom stereocenters. The van der Waals surface area contributed by atoms with Gasteiger partial charge in [0.1, 0.15) is 5.82 Å². The lowest BCUT2D eigenvalue weighted by Crippen LogP contribution is -1.94. The Morgan fingerprint density at radius 1 is 1.12 bits per heavy atom. The molecule has 1 aromatic carbocycles. The average Bonchev–Trinajstić information content (AvgIpc) is 2.30. The third-order valence-electron chi connectivity index (χ3n) is 2.57. The molecule has 0 aliphatic rings. The molecule has 0 N–H and O–H groups in total. The molecule has 0 bridgehead atoms. The minimum absolute atomic E-state index is 0.157. The van der Waals surface area contributed by atoms with E-state index >= 15 is 0 Å².